The minimum Gasteiger partial charge on any atom is -0.463 e. The summed E-state index contributed by atoms with van der Waals surface area (Å²) in [6.45, 7) is 4.69. The van der Waals surface area contributed by atoms with Crippen molar-refractivity contribution in [2.75, 3.05) is 33.0 Å². The second kappa shape index (κ2) is 7.10. The third-order valence-electron chi connectivity index (χ3n) is 4.09. The third-order valence-corrected chi connectivity index (χ3v) is 4.09. The molecule has 2 bridgehead atoms. The first kappa shape index (κ1) is 13.8. The summed E-state index contributed by atoms with van der Waals surface area (Å²) in [6.07, 6.45) is 4.82. The standard InChI is InChI=1S/C14H24O4/c1-2-16-5-6-17-7-8-18-14(15)13-10-11-3-4-12(13)9-11/h11-13H,2-10H2,1H3. The average Bonchev–Trinajstić information content (AvgIpc) is 2.99. The van der Waals surface area contributed by atoms with Gasteiger partial charge in [-0.05, 0) is 38.0 Å². The monoisotopic (exact) mass is 256 g/mol. The van der Waals surface area contributed by atoms with Crippen LogP contribution in [0.25, 0.3) is 0 Å². The number of ether oxygens (including phenoxy) is 3. The third kappa shape index (κ3) is 3.69. The lowest BCUT2D eigenvalue weighted by Gasteiger charge is -2.19. The summed E-state index contributed by atoms with van der Waals surface area (Å²) in [7, 11) is 0. The van der Waals surface area contributed by atoms with E-state index in [9.17, 15) is 4.79 Å². The first-order chi connectivity index (χ1) is 8.81. The lowest BCUT2D eigenvalue weighted by atomic mass is 9.89. The van der Waals surface area contributed by atoms with Crippen LogP contribution in [0.5, 0.6) is 0 Å². The zero-order chi connectivity index (χ0) is 12.8. The number of esters is 1. The lowest BCUT2D eigenvalue weighted by Crippen LogP contribution is -2.24. The summed E-state index contributed by atoms with van der Waals surface area (Å²) < 4.78 is 15.7. The van der Waals surface area contributed by atoms with E-state index in [4.69, 9.17) is 14.2 Å². The van der Waals surface area contributed by atoms with E-state index >= 15 is 0 Å². The lowest BCUT2D eigenvalue weighted by molar-refractivity contribution is -0.152. The van der Waals surface area contributed by atoms with Crippen LogP contribution in [0.4, 0.5) is 0 Å². The van der Waals surface area contributed by atoms with E-state index in [1.54, 1.807) is 0 Å². The maximum Gasteiger partial charge on any atom is 0.309 e. The number of hydrogen-bond acceptors (Lipinski definition) is 4. The zero-order valence-electron chi connectivity index (χ0n) is 11.2. The molecule has 2 fully saturated rings. The van der Waals surface area contributed by atoms with Crippen LogP contribution in [-0.2, 0) is 19.0 Å². The second-order valence-corrected chi connectivity index (χ2v) is 5.26. The fourth-order valence-corrected chi connectivity index (χ4v) is 3.21. The SMILES string of the molecule is CCOCCOCCOC(=O)C1CC2CCC1C2. The van der Waals surface area contributed by atoms with Gasteiger partial charge in [0, 0.05) is 6.61 Å². The molecule has 0 aromatic heterocycles. The van der Waals surface area contributed by atoms with Crippen molar-refractivity contribution in [1.82, 2.24) is 0 Å². The molecule has 0 N–H and O–H groups in total. The first-order valence-electron chi connectivity index (χ1n) is 7.13. The van der Waals surface area contributed by atoms with Gasteiger partial charge in [-0.3, -0.25) is 4.79 Å². The Bertz CT molecular complexity index is 267. The predicted octanol–water partition coefficient (Wildman–Crippen LogP) is 2.02. The van der Waals surface area contributed by atoms with Crippen LogP contribution in [-0.4, -0.2) is 39.0 Å². The van der Waals surface area contributed by atoms with Crippen LogP contribution in [0.1, 0.15) is 32.6 Å². The molecule has 0 aromatic rings. The van der Waals surface area contributed by atoms with Crippen LogP contribution in [0.15, 0.2) is 0 Å². The number of rotatable bonds is 8. The summed E-state index contributed by atoms with van der Waals surface area (Å²) >= 11 is 0. The Balaban J connectivity index is 1.50. The maximum absolute atomic E-state index is 11.9. The highest BCUT2D eigenvalue weighted by atomic mass is 16.6. The largest absolute Gasteiger partial charge is 0.463 e. The summed E-state index contributed by atoms with van der Waals surface area (Å²) in [5.41, 5.74) is 0. The number of carbonyl (C=O) groups excluding carboxylic acids is 1. The van der Waals surface area contributed by atoms with Crippen LogP contribution in [0, 0.1) is 17.8 Å². The van der Waals surface area contributed by atoms with Crippen LogP contribution >= 0.6 is 0 Å². The van der Waals surface area contributed by atoms with Gasteiger partial charge in [-0.25, -0.2) is 0 Å². The molecule has 3 unspecified atom stereocenters. The molecule has 104 valence electrons. The molecule has 3 atom stereocenters. The van der Waals surface area contributed by atoms with E-state index in [2.05, 4.69) is 0 Å². The van der Waals surface area contributed by atoms with Gasteiger partial charge in [-0.15, -0.1) is 0 Å². The molecule has 0 aromatic carbocycles. The Labute approximate surface area is 109 Å². The fourth-order valence-electron chi connectivity index (χ4n) is 3.21. The van der Waals surface area contributed by atoms with Crippen molar-refractivity contribution in [2.45, 2.75) is 32.6 Å². The quantitative estimate of drug-likeness (QED) is 0.492. The van der Waals surface area contributed by atoms with Gasteiger partial charge < -0.3 is 14.2 Å². The van der Waals surface area contributed by atoms with E-state index in [1.807, 2.05) is 6.92 Å². The first-order valence-corrected chi connectivity index (χ1v) is 7.13. The van der Waals surface area contributed by atoms with Gasteiger partial charge in [0.05, 0.1) is 25.7 Å². The second-order valence-electron chi connectivity index (χ2n) is 5.26. The number of fused-ring (bicyclic) bond motifs is 2. The van der Waals surface area contributed by atoms with E-state index < -0.39 is 0 Å². The molecule has 0 spiro atoms. The van der Waals surface area contributed by atoms with Crippen molar-refractivity contribution in [3.63, 3.8) is 0 Å². The molecule has 2 aliphatic carbocycles. The average molecular weight is 256 g/mol. The normalized spacial score (nSPS) is 29.7. The Morgan fingerprint density at radius 3 is 2.50 bits per heavy atom. The van der Waals surface area contributed by atoms with E-state index in [1.165, 1.54) is 19.3 Å². The Morgan fingerprint density at radius 2 is 1.83 bits per heavy atom. The molecule has 2 aliphatic rings. The van der Waals surface area contributed by atoms with E-state index in [-0.39, 0.29) is 11.9 Å². The Morgan fingerprint density at radius 1 is 1.06 bits per heavy atom. The van der Waals surface area contributed by atoms with Crippen LogP contribution in [0.2, 0.25) is 0 Å². The summed E-state index contributed by atoms with van der Waals surface area (Å²) in [4.78, 5) is 11.9. The highest BCUT2D eigenvalue weighted by molar-refractivity contribution is 5.73. The zero-order valence-corrected chi connectivity index (χ0v) is 11.2. The molecular formula is C14H24O4. The topological polar surface area (TPSA) is 44.8 Å². The van der Waals surface area contributed by atoms with Crippen LogP contribution in [0.3, 0.4) is 0 Å². The Kier molecular flexibility index (Phi) is 5.45. The van der Waals surface area contributed by atoms with Crippen LogP contribution < -0.4 is 0 Å². The summed E-state index contributed by atoms with van der Waals surface area (Å²) in [6, 6.07) is 0. The van der Waals surface area contributed by atoms with Gasteiger partial charge in [0.1, 0.15) is 6.61 Å². The molecule has 0 aliphatic heterocycles. The van der Waals surface area contributed by atoms with E-state index in [0.717, 1.165) is 12.3 Å². The highest BCUT2D eigenvalue weighted by Gasteiger charge is 2.43. The van der Waals surface area contributed by atoms with Gasteiger partial charge in [-0.2, -0.15) is 0 Å². The smallest absolute Gasteiger partial charge is 0.309 e. The molecule has 0 saturated heterocycles. The molecule has 4 nitrogen and oxygen atoms in total. The van der Waals surface area contributed by atoms with Gasteiger partial charge >= 0.3 is 5.97 Å². The highest BCUT2D eigenvalue weighted by Crippen LogP contribution is 2.48. The van der Waals surface area contributed by atoms with E-state index in [0.29, 0.717) is 39.0 Å². The Hall–Kier alpha value is -0.610. The van der Waals surface area contributed by atoms with Gasteiger partial charge in [0.15, 0.2) is 0 Å². The summed E-state index contributed by atoms with van der Waals surface area (Å²) in [5.74, 6) is 1.55. The molecule has 2 saturated carbocycles. The van der Waals surface area contributed by atoms with Crippen molar-refractivity contribution >= 4 is 5.97 Å². The fraction of sp³-hybridized carbons (Fsp3) is 0.929. The minimum absolute atomic E-state index is 0.00407. The molecule has 0 amide bonds. The van der Waals surface area contributed by atoms with Gasteiger partial charge in [-0.1, -0.05) is 6.42 Å². The van der Waals surface area contributed by atoms with Crippen molar-refractivity contribution in [2.24, 2.45) is 17.8 Å². The maximum atomic E-state index is 11.9. The molecule has 18 heavy (non-hydrogen) atoms. The van der Waals surface area contributed by atoms with Crippen molar-refractivity contribution < 1.29 is 19.0 Å². The van der Waals surface area contributed by atoms with Gasteiger partial charge in [0.2, 0.25) is 0 Å². The molecule has 4 heteroatoms. The number of hydrogen-bond donors (Lipinski definition) is 0. The van der Waals surface area contributed by atoms with Crippen molar-refractivity contribution in [3.8, 4) is 0 Å². The number of carbonyl (C=O) groups is 1. The predicted molar refractivity (Wildman–Crippen MR) is 67.2 cm³/mol. The van der Waals surface area contributed by atoms with Crippen molar-refractivity contribution in [1.29, 1.82) is 0 Å². The molecule has 0 radical (unpaired) electrons. The summed E-state index contributed by atoms with van der Waals surface area (Å²) in [5, 5.41) is 0. The molecule has 2 rings (SSSR count). The van der Waals surface area contributed by atoms with Gasteiger partial charge in [0.25, 0.3) is 0 Å². The van der Waals surface area contributed by atoms with Crippen molar-refractivity contribution in [3.05, 3.63) is 0 Å². The molecule has 0 heterocycles. The molecular weight excluding hydrogens is 232 g/mol. The minimum atomic E-state index is -0.00407.